The Morgan fingerprint density at radius 1 is 1.14 bits per heavy atom. The molecule has 3 heterocycles. The summed E-state index contributed by atoms with van der Waals surface area (Å²) in [4.78, 5) is 2.66. The molecule has 0 spiro atoms. The summed E-state index contributed by atoms with van der Waals surface area (Å²) >= 11 is 0. The summed E-state index contributed by atoms with van der Waals surface area (Å²) in [5.74, 6) is 0.894. The molecule has 114 valence electrons. The first-order chi connectivity index (χ1) is 10.9. The molecule has 0 N–H and O–H groups in total. The van der Waals surface area contributed by atoms with Crippen LogP contribution in [0.5, 0.6) is 0 Å². The van der Waals surface area contributed by atoms with Gasteiger partial charge in [0.15, 0.2) is 0 Å². The number of nitrogens with zero attached hydrogens (tertiary/aromatic N) is 3. The number of fused-ring (bicyclic) bond motifs is 2. The second-order valence-electron chi connectivity index (χ2n) is 6.86. The highest BCUT2D eigenvalue weighted by Gasteiger charge is 2.33. The van der Waals surface area contributed by atoms with Gasteiger partial charge in [0.2, 0.25) is 0 Å². The highest BCUT2D eigenvalue weighted by atomic mass is 15.2. The molecule has 0 bridgehead atoms. The normalized spacial score (nSPS) is 25.8. The van der Waals surface area contributed by atoms with Crippen LogP contribution in [0.4, 0.5) is 0 Å². The van der Waals surface area contributed by atoms with Crippen molar-refractivity contribution in [3.8, 4) is 6.07 Å². The van der Waals surface area contributed by atoms with E-state index in [1.54, 1.807) is 0 Å². The summed E-state index contributed by atoms with van der Waals surface area (Å²) in [6, 6.07) is 9.26. The van der Waals surface area contributed by atoms with Gasteiger partial charge in [-0.15, -0.1) is 0 Å². The van der Waals surface area contributed by atoms with Crippen LogP contribution in [-0.2, 0) is 6.54 Å². The van der Waals surface area contributed by atoms with Crippen molar-refractivity contribution in [2.75, 3.05) is 6.54 Å². The van der Waals surface area contributed by atoms with E-state index in [-0.39, 0.29) is 0 Å². The highest BCUT2D eigenvalue weighted by Crippen LogP contribution is 2.36. The minimum absolute atomic E-state index is 0.747. The second kappa shape index (κ2) is 5.78. The molecule has 2 fully saturated rings. The SMILES string of the molecule is N#Cc1c(CN2CCC[C@H]3CCCC[C@H]32)cn2ccccc12. The number of hydrogen-bond acceptors (Lipinski definition) is 2. The number of rotatable bonds is 2. The Balaban J connectivity index is 1.64. The lowest BCUT2D eigenvalue weighted by Crippen LogP contribution is -2.46. The molecular formula is C19H23N3. The van der Waals surface area contributed by atoms with Crippen LogP contribution in [-0.4, -0.2) is 21.9 Å². The molecule has 0 aromatic carbocycles. The minimum atomic E-state index is 0.747. The largest absolute Gasteiger partial charge is 0.322 e. The Bertz CT molecular complexity index is 707. The first-order valence-electron chi connectivity index (χ1n) is 8.59. The molecule has 2 aromatic heterocycles. The van der Waals surface area contributed by atoms with Gasteiger partial charge in [-0.2, -0.15) is 5.26 Å². The van der Waals surface area contributed by atoms with E-state index in [9.17, 15) is 5.26 Å². The van der Waals surface area contributed by atoms with Crippen LogP contribution in [0, 0.1) is 17.2 Å². The number of piperidine rings is 1. The van der Waals surface area contributed by atoms with E-state index in [1.807, 2.05) is 24.4 Å². The summed E-state index contributed by atoms with van der Waals surface area (Å²) in [6.45, 7) is 2.13. The highest BCUT2D eigenvalue weighted by molar-refractivity contribution is 5.65. The van der Waals surface area contributed by atoms with Gasteiger partial charge in [0, 0.05) is 30.5 Å². The average Bonchev–Trinajstić information content (AvgIpc) is 2.92. The molecule has 22 heavy (non-hydrogen) atoms. The molecule has 3 nitrogen and oxygen atoms in total. The zero-order chi connectivity index (χ0) is 14.9. The third-order valence-electron chi connectivity index (χ3n) is 5.61. The molecule has 0 unspecified atom stereocenters. The number of aromatic nitrogens is 1. The van der Waals surface area contributed by atoms with Crippen molar-refractivity contribution in [3.63, 3.8) is 0 Å². The van der Waals surface area contributed by atoms with E-state index in [2.05, 4.69) is 21.6 Å². The van der Waals surface area contributed by atoms with E-state index < -0.39 is 0 Å². The van der Waals surface area contributed by atoms with Crippen molar-refractivity contribution in [2.24, 2.45) is 5.92 Å². The summed E-state index contributed by atoms with van der Waals surface area (Å²) in [5.41, 5.74) is 3.09. The summed E-state index contributed by atoms with van der Waals surface area (Å²) in [6.07, 6.45) is 12.5. The Kier molecular flexibility index (Phi) is 3.63. The first-order valence-corrected chi connectivity index (χ1v) is 8.59. The zero-order valence-corrected chi connectivity index (χ0v) is 13.0. The fraction of sp³-hybridized carbons (Fsp3) is 0.526. The van der Waals surface area contributed by atoms with E-state index in [0.717, 1.165) is 29.6 Å². The van der Waals surface area contributed by atoms with Crippen LogP contribution in [0.1, 0.15) is 49.7 Å². The molecule has 3 heteroatoms. The number of nitriles is 1. The van der Waals surface area contributed by atoms with Crippen LogP contribution in [0.3, 0.4) is 0 Å². The molecule has 2 aromatic rings. The van der Waals surface area contributed by atoms with Gasteiger partial charge < -0.3 is 4.40 Å². The predicted molar refractivity (Wildman–Crippen MR) is 87.5 cm³/mol. The number of pyridine rings is 1. The first kappa shape index (κ1) is 13.8. The topological polar surface area (TPSA) is 31.4 Å². The smallest absolute Gasteiger partial charge is 0.102 e. The third kappa shape index (κ3) is 2.32. The van der Waals surface area contributed by atoms with Crippen molar-refractivity contribution in [2.45, 2.75) is 51.1 Å². The van der Waals surface area contributed by atoms with E-state index >= 15 is 0 Å². The molecule has 1 saturated carbocycles. The van der Waals surface area contributed by atoms with Crippen molar-refractivity contribution in [3.05, 3.63) is 41.7 Å². The Morgan fingerprint density at radius 2 is 2.00 bits per heavy atom. The van der Waals surface area contributed by atoms with Gasteiger partial charge in [0.25, 0.3) is 0 Å². The van der Waals surface area contributed by atoms with Gasteiger partial charge in [-0.05, 0) is 50.3 Å². The molecule has 0 amide bonds. The molecule has 4 rings (SSSR count). The lowest BCUT2D eigenvalue weighted by molar-refractivity contribution is 0.0547. The average molecular weight is 293 g/mol. The fourth-order valence-electron chi connectivity index (χ4n) is 4.57. The maximum atomic E-state index is 9.59. The van der Waals surface area contributed by atoms with Crippen LogP contribution < -0.4 is 0 Å². The van der Waals surface area contributed by atoms with Crippen LogP contribution in [0.15, 0.2) is 30.6 Å². The van der Waals surface area contributed by atoms with Gasteiger partial charge >= 0.3 is 0 Å². The molecule has 0 radical (unpaired) electrons. The Morgan fingerprint density at radius 3 is 2.91 bits per heavy atom. The number of hydrogen-bond donors (Lipinski definition) is 0. The zero-order valence-electron chi connectivity index (χ0n) is 13.0. The van der Waals surface area contributed by atoms with Crippen LogP contribution in [0.25, 0.3) is 5.52 Å². The molecule has 2 aliphatic rings. The Hall–Kier alpha value is -1.79. The van der Waals surface area contributed by atoms with Crippen LogP contribution >= 0.6 is 0 Å². The van der Waals surface area contributed by atoms with E-state index in [4.69, 9.17) is 0 Å². The summed E-state index contributed by atoms with van der Waals surface area (Å²) < 4.78 is 2.09. The van der Waals surface area contributed by atoms with E-state index in [1.165, 1.54) is 50.6 Å². The van der Waals surface area contributed by atoms with Crippen molar-refractivity contribution in [1.29, 1.82) is 5.26 Å². The monoisotopic (exact) mass is 293 g/mol. The maximum absolute atomic E-state index is 9.59. The minimum Gasteiger partial charge on any atom is -0.322 e. The van der Waals surface area contributed by atoms with Crippen molar-refractivity contribution >= 4 is 5.52 Å². The lowest BCUT2D eigenvalue weighted by atomic mass is 9.78. The molecule has 1 aliphatic heterocycles. The van der Waals surface area contributed by atoms with Crippen molar-refractivity contribution < 1.29 is 0 Å². The van der Waals surface area contributed by atoms with Crippen molar-refractivity contribution in [1.82, 2.24) is 9.30 Å². The van der Waals surface area contributed by atoms with Gasteiger partial charge in [0.05, 0.1) is 11.1 Å². The summed E-state index contributed by atoms with van der Waals surface area (Å²) in [5, 5.41) is 9.59. The number of likely N-dealkylation sites (tertiary alicyclic amines) is 1. The van der Waals surface area contributed by atoms with Gasteiger partial charge in [0.1, 0.15) is 6.07 Å². The standard InChI is InChI=1S/C19H23N3/c20-12-17-16(14-22-10-4-3-9-19(17)22)13-21-11-5-7-15-6-1-2-8-18(15)21/h3-4,9-10,14-15,18H,1-2,5-8,11,13H2/t15-,18-/m1/s1. The molecular weight excluding hydrogens is 270 g/mol. The quantitative estimate of drug-likeness (QED) is 0.839. The van der Waals surface area contributed by atoms with Gasteiger partial charge in [-0.25, -0.2) is 0 Å². The summed E-state index contributed by atoms with van der Waals surface area (Å²) in [7, 11) is 0. The fourth-order valence-corrected chi connectivity index (χ4v) is 4.57. The molecule has 1 aliphatic carbocycles. The molecule has 1 saturated heterocycles. The van der Waals surface area contributed by atoms with Gasteiger partial charge in [-0.1, -0.05) is 18.9 Å². The van der Waals surface area contributed by atoms with E-state index in [0.29, 0.717) is 0 Å². The maximum Gasteiger partial charge on any atom is 0.102 e. The molecule has 2 atom stereocenters. The van der Waals surface area contributed by atoms with Gasteiger partial charge in [-0.3, -0.25) is 4.90 Å². The van der Waals surface area contributed by atoms with Crippen LogP contribution in [0.2, 0.25) is 0 Å². The predicted octanol–water partition coefficient (Wildman–Crippen LogP) is 3.97. The second-order valence-corrected chi connectivity index (χ2v) is 6.86. The lowest BCUT2D eigenvalue weighted by Gasteiger charge is -2.44. The Labute approximate surface area is 132 Å². The third-order valence-corrected chi connectivity index (χ3v) is 5.61.